The number of hydrogen-bond donors (Lipinski definition) is 0. The van der Waals surface area contributed by atoms with Crippen molar-refractivity contribution in [2.45, 2.75) is 25.4 Å². The van der Waals surface area contributed by atoms with Crippen LogP contribution in [0.15, 0.2) is 59.8 Å². The zero-order chi connectivity index (χ0) is 19.8. The van der Waals surface area contributed by atoms with Gasteiger partial charge < -0.3 is 9.30 Å². The molecule has 0 aliphatic carbocycles. The van der Waals surface area contributed by atoms with Gasteiger partial charge in [0.1, 0.15) is 5.75 Å². The Morgan fingerprint density at radius 3 is 2.90 bits per heavy atom. The van der Waals surface area contributed by atoms with Gasteiger partial charge in [0.15, 0.2) is 0 Å². The molecule has 6 heteroatoms. The molecular formula is C23H24N4O2. The number of nitrogens with zero attached hydrogens (tertiary/aromatic N) is 4. The molecule has 0 unspecified atom stereocenters. The molecule has 0 amide bonds. The number of aromatic nitrogens is 3. The monoisotopic (exact) mass is 388 g/mol. The van der Waals surface area contributed by atoms with Gasteiger partial charge in [-0.25, -0.2) is 0 Å². The Kier molecular flexibility index (Phi) is 4.64. The number of likely N-dealkylation sites (tertiary alicyclic amines) is 1. The number of piperidine rings is 1. The SMILES string of the molecule is COc1ccc(CN2C[C@@H]3C[C@H](C2)c2cccc(=O)n2C3)cc1-c1cnccn1. The molecule has 4 heterocycles. The smallest absolute Gasteiger partial charge is 0.250 e. The number of benzene rings is 1. The first-order chi connectivity index (χ1) is 14.2. The molecule has 2 bridgehead atoms. The average Bonchev–Trinajstić information content (AvgIpc) is 2.75. The molecule has 5 rings (SSSR count). The molecule has 1 aromatic carbocycles. The van der Waals surface area contributed by atoms with Crippen LogP contribution in [0.4, 0.5) is 0 Å². The van der Waals surface area contributed by atoms with E-state index in [0.29, 0.717) is 11.8 Å². The third-order valence-electron chi connectivity index (χ3n) is 6.06. The second-order valence-electron chi connectivity index (χ2n) is 8.02. The van der Waals surface area contributed by atoms with Crippen LogP contribution in [0.3, 0.4) is 0 Å². The molecule has 0 spiro atoms. The molecule has 29 heavy (non-hydrogen) atoms. The minimum Gasteiger partial charge on any atom is -0.496 e. The lowest BCUT2D eigenvalue weighted by molar-refractivity contribution is 0.114. The van der Waals surface area contributed by atoms with Crippen molar-refractivity contribution in [1.29, 1.82) is 0 Å². The highest BCUT2D eigenvalue weighted by molar-refractivity contribution is 5.67. The summed E-state index contributed by atoms with van der Waals surface area (Å²) in [5, 5.41) is 0. The maximum absolute atomic E-state index is 12.2. The number of methoxy groups -OCH3 is 1. The second-order valence-corrected chi connectivity index (χ2v) is 8.02. The van der Waals surface area contributed by atoms with Crippen molar-refractivity contribution < 1.29 is 4.74 Å². The van der Waals surface area contributed by atoms with Crippen molar-refractivity contribution in [3.05, 3.63) is 76.6 Å². The Bertz CT molecular complexity index is 1080. The predicted molar refractivity (Wildman–Crippen MR) is 111 cm³/mol. The quantitative estimate of drug-likeness (QED) is 0.688. The highest BCUT2D eigenvalue weighted by Gasteiger charge is 2.34. The Morgan fingerprint density at radius 1 is 1.14 bits per heavy atom. The lowest BCUT2D eigenvalue weighted by atomic mass is 9.83. The summed E-state index contributed by atoms with van der Waals surface area (Å²) in [6.45, 7) is 3.70. The van der Waals surface area contributed by atoms with Crippen LogP contribution in [0, 0.1) is 5.92 Å². The van der Waals surface area contributed by atoms with Crippen molar-refractivity contribution in [3.8, 4) is 17.0 Å². The molecule has 1 saturated heterocycles. The van der Waals surface area contributed by atoms with Gasteiger partial charge in [-0.2, -0.15) is 0 Å². The standard InChI is InChI=1S/C23H24N4O2/c1-29-22-6-5-16(10-19(22)20-11-24-7-8-25-20)12-26-13-17-9-18(15-26)21-3-2-4-23(28)27(21)14-17/h2-8,10-11,17-18H,9,12-15H2,1H3/t17-,18+/m0/s1. The Labute approximate surface area is 169 Å². The topological polar surface area (TPSA) is 60.2 Å². The van der Waals surface area contributed by atoms with Gasteiger partial charge in [0.2, 0.25) is 0 Å². The Morgan fingerprint density at radius 2 is 2.07 bits per heavy atom. The first-order valence-corrected chi connectivity index (χ1v) is 10.1. The zero-order valence-electron chi connectivity index (χ0n) is 16.5. The molecule has 2 aliphatic heterocycles. The van der Waals surface area contributed by atoms with Gasteiger partial charge in [-0.05, 0) is 36.1 Å². The van der Waals surface area contributed by atoms with Crippen LogP contribution in [0.1, 0.15) is 23.6 Å². The van der Waals surface area contributed by atoms with Gasteiger partial charge in [0.25, 0.3) is 5.56 Å². The predicted octanol–water partition coefficient (Wildman–Crippen LogP) is 2.93. The number of fused-ring (bicyclic) bond motifs is 4. The summed E-state index contributed by atoms with van der Waals surface area (Å²) in [5.41, 5.74) is 4.34. The third kappa shape index (κ3) is 3.44. The number of pyridine rings is 1. The van der Waals surface area contributed by atoms with Crippen LogP contribution in [0.25, 0.3) is 11.3 Å². The molecule has 0 N–H and O–H groups in total. The van der Waals surface area contributed by atoms with Crippen molar-refractivity contribution in [2.75, 3.05) is 20.2 Å². The molecule has 0 saturated carbocycles. The summed E-state index contributed by atoms with van der Waals surface area (Å²) in [7, 11) is 1.68. The highest BCUT2D eigenvalue weighted by Crippen LogP contribution is 2.36. The van der Waals surface area contributed by atoms with Crippen molar-refractivity contribution >= 4 is 0 Å². The summed E-state index contributed by atoms with van der Waals surface area (Å²) in [6, 6.07) is 12.0. The lowest BCUT2D eigenvalue weighted by Gasteiger charge is -2.42. The first kappa shape index (κ1) is 18.1. The van der Waals surface area contributed by atoms with E-state index in [0.717, 1.165) is 43.2 Å². The normalized spacial score (nSPS) is 20.9. The van der Waals surface area contributed by atoms with Crippen LogP contribution < -0.4 is 10.3 Å². The van der Waals surface area contributed by atoms with Gasteiger partial charge in [0.05, 0.1) is 19.0 Å². The number of ether oxygens (including phenoxy) is 1. The lowest BCUT2D eigenvalue weighted by Crippen LogP contribution is -2.46. The highest BCUT2D eigenvalue weighted by atomic mass is 16.5. The fourth-order valence-electron chi connectivity index (χ4n) is 4.87. The van der Waals surface area contributed by atoms with E-state index in [1.165, 1.54) is 17.7 Å². The van der Waals surface area contributed by atoms with E-state index >= 15 is 0 Å². The van der Waals surface area contributed by atoms with Crippen LogP contribution >= 0.6 is 0 Å². The van der Waals surface area contributed by atoms with Gasteiger partial charge in [-0.1, -0.05) is 12.1 Å². The van der Waals surface area contributed by atoms with Crippen LogP contribution in [0.5, 0.6) is 5.75 Å². The van der Waals surface area contributed by atoms with Gasteiger partial charge in [0, 0.05) is 61.8 Å². The zero-order valence-corrected chi connectivity index (χ0v) is 16.5. The maximum atomic E-state index is 12.2. The molecular weight excluding hydrogens is 364 g/mol. The molecule has 0 radical (unpaired) electrons. The number of rotatable bonds is 4. The van der Waals surface area contributed by atoms with Crippen LogP contribution in [0.2, 0.25) is 0 Å². The Hall–Kier alpha value is -2.99. The van der Waals surface area contributed by atoms with Crippen molar-refractivity contribution in [3.63, 3.8) is 0 Å². The third-order valence-corrected chi connectivity index (χ3v) is 6.06. The molecule has 6 nitrogen and oxygen atoms in total. The van der Waals surface area contributed by atoms with E-state index in [-0.39, 0.29) is 5.56 Å². The molecule has 2 aromatic heterocycles. The molecule has 148 valence electrons. The first-order valence-electron chi connectivity index (χ1n) is 10.1. The van der Waals surface area contributed by atoms with E-state index in [4.69, 9.17) is 4.74 Å². The summed E-state index contributed by atoms with van der Waals surface area (Å²) in [5.74, 6) is 1.76. The second kappa shape index (κ2) is 7.44. The summed E-state index contributed by atoms with van der Waals surface area (Å²) in [4.78, 5) is 23.4. The van der Waals surface area contributed by atoms with Crippen molar-refractivity contribution in [1.82, 2.24) is 19.4 Å². The fourth-order valence-corrected chi connectivity index (χ4v) is 4.87. The summed E-state index contributed by atoms with van der Waals surface area (Å²) < 4.78 is 7.52. The van der Waals surface area contributed by atoms with Crippen LogP contribution in [-0.4, -0.2) is 39.6 Å². The minimum atomic E-state index is 0.134. The summed E-state index contributed by atoms with van der Waals surface area (Å²) >= 11 is 0. The van der Waals surface area contributed by atoms with Crippen molar-refractivity contribution in [2.24, 2.45) is 5.92 Å². The van der Waals surface area contributed by atoms with E-state index < -0.39 is 0 Å². The fraction of sp³-hybridized carbons (Fsp3) is 0.348. The molecule has 1 fully saturated rings. The minimum absolute atomic E-state index is 0.134. The maximum Gasteiger partial charge on any atom is 0.250 e. The van der Waals surface area contributed by atoms with Crippen LogP contribution in [-0.2, 0) is 13.1 Å². The van der Waals surface area contributed by atoms with Gasteiger partial charge >= 0.3 is 0 Å². The van der Waals surface area contributed by atoms with E-state index in [1.54, 1.807) is 31.8 Å². The number of hydrogen-bond acceptors (Lipinski definition) is 5. The average molecular weight is 388 g/mol. The molecule has 3 aromatic rings. The largest absolute Gasteiger partial charge is 0.496 e. The Balaban J connectivity index is 1.40. The van der Waals surface area contributed by atoms with E-state index in [9.17, 15) is 4.79 Å². The molecule has 2 aliphatic rings. The van der Waals surface area contributed by atoms with Gasteiger partial charge in [-0.3, -0.25) is 19.7 Å². The van der Waals surface area contributed by atoms with Gasteiger partial charge in [-0.15, -0.1) is 0 Å². The summed E-state index contributed by atoms with van der Waals surface area (Å²) in [6.07, 6.45) is 6.32. The molecule has 2 atom stereocenters. The van der Waals surface area contributed by atoms with E-state index in [2.05, 4.69) is 33.1 Å². The van der Waals surface area contributed by atoms with E-state index in [1.807, 2.05) is 16.7 Å².